The van der Waals surface area contributed by atoms with E-state index in [4.69, 9.17) is 10.5 Å². The summed E-state index contributed by atoms with van der Waals surface area (Å²) in [6, 6.07) is 7.02. The van der Waals surface area contributed by atoms with E-state index < -0.39 is 15.9 Å². The molecule has 3 unspecified atom stereocenters. The second kappa shape index (κ2) is 7.20. The molecule has 4 aliphatic carbocycles. The van der Waals surface area contributed by atoms with Gasteiger partial charge in [-0.15, -0.1) is 0 Å². The van der Waals surface area contributed by atoms with Crippen LogP contribution in [0.3, 0.4) is 0 Å². The zero-order chi connectivity index (χ0) is 21.0. The maximum Gasteiger partial charge on any atom is 0.276 e. The highest BCUT2D eigenvalue weighted by Crippen LogP contribution is 2.60. The molecule has 0 aromatic heterocycles. The Morgan fingerprint density at radius 1 is 1.17 bits per heavy atom. The highest BCUT2D eigenvalue weighted by molar-refractivity contribution is 7.93. The highest BCUT2D eigenvalue weighted by atomic mass is 32.2. The van der Waals surface area contributed by atoms with Crippen molar-refractivity contribution in [2.24, 2.45) is 28.9 Å². The van der Waals surface area contributed by atoms with Gasteiger partial charge in [0.1, 0.15) is 5.75 Å². The van der Waals surface area contributed by atoms with Gasteiger partial charge in [-0.25, -0.2) is 0 Å². The molecular weight excluding hydrogens is 388 g/mol. The van der Waals surface area contributed by atoms with Crippen LogP contribution in [0.2, 0.25) is 0 Å². The number of carbonyl (C=O) groups is 2. The van der Waals surface area contributed by atoms with E-state index in [9.17, 15) is 14.1 Å². The van der Waals surface area contributed by atoms with E-state index in [1.807, 2.05) is 0 Å². The molecule has 4 saturated carbocycles. The molecule has 1 aromatic rings. The fraction of sp³-hybridized carbons (Fsp3) is 0.636. The summed E-state index contributed by atoms with van der Waals surface area (Å²) < 4.78 is 17.2. The molecule has 4 fully saturated rings. The van der Waals surface area contributed by atoms with Crippen molar-refractivity contribution in [1.29, 1.82) is 0 Å². The first-order valence-corrected chi connectivity index (χ1v) is 11.5. The third-order valence-electron chi connectivity index (χ3n) is 7.38. The van der Waals surface area contributed by atoms with Gasteiger partial charge < -0.3 is 20.3 Å². The van der Waals surface area contributed by atoms with Crippen LogP contribution in [0.5, 0.6) is 5.75 Å². The fourth-order valence-electron chi connectivity index (χ4n) is 5.97. The number of ether oxygens (including phenoxy) is 1. The Kier molecular flexibility index (Phi) is 5.10. The minimum Gasteiger partial charge on any atom is -0.611 e. The Labute approximate surface area is 175 Å². The molecule has 6 nitrogen and oxygen atoms in total. The molecular formula is C22H30N2O4S. The summed E-state index contributed by atoms with van der Waals surface area (Å²) in [5.74, 6) is 1.41. The van der Waals surface area contributed by atoms with Gasteiger partial charge in [0.05, 0.1) is 7.11 Å². The molecule has 0 heterocycles. The van der Waals surface area contributed by atoms with Crippen molar-refractivity contribution in [3.8, 4) is 5.75 Å². The number of benzene rings is 1. The quantitative estimate of drug-likeness (QED) is 0.692. The fourth-order valence-corrected chi connectivity index (χ4v) is 7.16. The van der Waals surface area contributed by atoms with Crippen LogP contribution in [0.25, 0.3) is 0 Å². The molecule has 3 N–H and O–H groups in total. The molecule has 5 rings (SSSR count). The lowest BCUT2D eigenvalue weighted by molar-refractivity contribution is -0.147. The van der Waals surface area contributed by atoms with Crippen molar-refractivity contribution < 1.29 is 18.9 Å². The van der Waals surface area contributed by atoms with Crippen LogP contribution in [0.15, 0.2) is 29.2 Å². The predicted octanol–water partition coefficient (Wildman–Crippen LogP) is 2.38. The Bertz CT molecular complexity index is 794. The summed E-state index contributed by atoms with van der Waals surface area (Å²) in [5.41, 5.74) is 5.38. The van der Waals surface area contributed by atoms with Gasteiger partial charge in [-0.2, -0.15) is 0 Å². The van der Waals surface area contributed by atoms with Gasteiger partial charge in [-0.3, -0.25) is 9.59 Å². The maximum atomic E-state index is 13.2. The number of methoxy groups -OCH3 is 1. The standard InChI is InChI=1S/C22H30N2O4S/c1-21(2,29(27)17-6-4-16(28-3)5-7-17)20(26)24-18-14-8-13-9-15(18)12-22(10-13,11-14)19(23)25/h4-7,13-15,18H,8-12H2,1-3H3,(H2,23,25)(H,24,26). The van der Waals surface area contributed by atoms with Crippen molar-refractivity contribution in [3.05, 3.63) is 24.3 Å². The van der Waals surface area contributed by atoms with Crippen LogP contribution in [-0.4, -0.2) is 34.3 Å². The van der Waals surface area contributed by atoms with Crippen molar-refractivity contribution >= 4 is 23.0 Å². The average molecular weight is 419 g/mol. The summed E-state index contributed by atoms with van der Waals surface area (Å²) in [6.45, 7) is 3.45. The van der Waals surface area contributed by atoms with Crippen molar-refractivity contribution in [2.45, 2.75) is 61.6 Å². The molecule has 2 amide bonds. The third-order valence-corrected chi connectivity index (χ3v) is 9.19. The molecule has 158 valence electrons. The molecule has 7 heteroatoms. The molecule has 1 aromatic carbocycles. The van der Waals surface area contributed by atoms with Crippen molar-refractivity contribution in [1.82, 2.24) is 5.32 Å². The van der Waals surface area contributed by atoms with Crippen molar-refractivity contribution in [2.75, 3.05) is 7.11 Å². The minimum atomic E-state index is -1.50. The van der Waals surface area contributed by atoms with E-state index in [0.29, 0.717) is 16.6 Å². The molecule has 0 spiro atoms. The van der Waals surface area contributed by atoms with Crippen LogP contribution < -0.4 is 15.8 Å². The van der Waals surface area contributed by atoms with Gasteiger partial charge in [0.15, 0.2) is 4.90 Å². The van der Waals surface area contributed by atoms with E-state index >= 15 is 0 Å². The van der Waals surface area contributed by atoms with Crippen LogP contribution in [0.4, 0.5) is 0 Å². The Morgan fingerprint density at radius 3 is 2.28 bits per heavy atom. The summed E-state index contributed by atoms with van der Waals surface area (Å²) in [5, 5.41) is 3.22. The maximum absolute atomic E-state index is 13.2. The number of primary amides is 1. The number of carbonyl (C=O) groups excluding carboxylic acids is 2. The first-order chi connectivity index (χ1) is 13.7. The van der Waals surface area contributed by atoms with Crippen LogP contribution in [-0.2, 0) is 20.8 Å². The molecule has 0 saturated heterocycles. The zero-order valence-electron chi connectivity index (χ0n) is 17.3. The Morgan fingerprint density at radius 2 is 1.76 bits per heavy atom. The number of hydrogen-bond acceptors (Lipinski definition) is 4. The van der Waals surface area contributed by atoms with Crippen LogP contribution in [0, 0.1) is 23.2 Å². The Balaban J connectivity index is 1.48. The summed E-state index contributed by atoms with van der Waals surface area (Å²) in [4.78, 5) is 25.9. The van der Waals surface area contributed by atoms with E-state index in [0.717, 1.165) is 32.1 Å². The first kappa shape index (κ1) is 20.5. The second-order valence-electron chi connectivity index (χ2n) is 9.57. The molecule has 29 heavy (non-hydrogen) atoms. The topological polar surface area (TPSA) is 104 Å². The summed E-state index contributed by atoms with van der Waals surface area (Å²) in [6.07, 6.45) is 4.52. The van der Waals surface area contributed by atoms with Gasteiger partial charge in [0, 0.05) is 22.6 Å². The number of nitrogens with one attached hydrogen (secondary N) is 1. The molecule has 4 bridgehead atoms. The summed E-state index contributed by atoms with van der Waals surface area (Å²) in [7, 11) is 1.58. The number of amides is 2. The largest absolute Gasteiger partial charge is 0.611 e. The van der Waals surface area contributed by atoms with Gasteiger partial charge in [0.2, 0.25) is 10.7 Å². The monoisotopic (exact) mass is 418 g/mol. The number of nitrogens with two attached hydrogens (primary N) is 1. The molecule has 4 aliphatic rings. The number of rotatable bonds is 6. The highest BCUT2D eigenvalue weighted by Gasteiger charge is 2.58. The SMILES string of the molecule is COc1ccc([S+]([O-])C(C)(C)C(=O)NC2C3CC4CC2CC(C(N)=O)(C4)C3)cc1. The lowest BCUT2D eigenvalue weighted by atomic mass is 9.47. The zero-order valence-corrected chi connectivity index (χ0v) is 18.1. The van der Waals surface area contributed by atoms with Crippen LogP contribution in [0.1, 0.15) is 46.0 Å². The molecule has 3 atom stereocenters. The van der Waals surface area contributed by atoms with Gasteiger partial charge >= 0.3 is 0 Å². The lowest BCUT2D eigenvalue weighted by Gasteiger charge is -2.59. The third kappa shape index (κ3) is 3.42. The normalized spacial score (nSPS) is 33.9. The Hall–Kier alpha value is -1.73. The van der Waals surface area contributed by atoms with E-state index in [1.54, 1.807) is 45.2 Å². The minimum absolute atomic E-state index is 0.0404. The first-order valence-electron chi connectivity index (χ1n) is 10.3. The smallest absolute Gasteiger partial charge is 0.276 e. The van der Waals surface area contributed by atoms with E-state index in [2.05, 4.69) is 5.32 Å². The van der Waals surface area contributed by atoms with Gasteiger partial charge in [-0.1, -0.05) is 0 Å². The van der Waals surface area contributed by atoms with Crippen LogP contribution >= 0.6 is 0 Å². The van der Waals surface area contributed by atoms with E-state index in [1.165, 1.54) is 0 Å². The van der Waals surface area contributed by atoms with Gasteiger partial charge in [0.25, 0.3) is 5.91 Å². The summed E-state index contributed by atoms with van der Waals surface area (Å²) >= 11 is -1.50. The van der Waals surface area contributed by atoms with E-state index in [-0.39, 0.29) is 35.1 Å². The van der Waals surface area contributed by atoms with Gasteiger partial charge in [-0.05, 0) is 88.0 Å². The molecule has 0 aliphatic heterocycles. The predicted molar refractivity (Wildman–Crippen MR) is 111 cm³/mol. The molecule has 0 radical (unpaired) electrons. The van der Waals surface area contributed by atoms with Crippen molar-refractivity contribution in [3.63, 3.8) is 0 Å². The lowest BCUT2D eigenvalue weighted by Crippen LogP contribution is -2.64. The second-order valence-corrected chi connectivity index (χ2v) is 11.6. The average Bonchev–Trinajstić information content (AvgIpc) is 2.69. The number of hydrogen-bond donors (Lipinski definition) is 2.